The van der Waals surface area contributed by atoms with Gasteiger partial charge in [0.2, 0.25) is 0 Å². The molecule has 1 fully saturated rings. The Morgan fingerprint density at radius 2 is 2.05 bits per heavy atom. The fourth-order valence-electron chi connectivity index (χ4n) is 3.17. The Hall–Kier alpha value is -1.81. The number of hydrogen-bond donors (Lipinski definition) is 3. The molecule has 1 aromatic heterocycles. The number of aliphatic hydroxyl groups excluding tert-OH is 1. The van der Waals surface area contributed by atoms with Crippen LogP contribution < -0.4 is 10.9 Å². The van der Waals surface area contributed by atoms with Crippen molar-refractivity contribution in [3.8, 4) is 0 Å². The number of anilines is 1. The van der Waals surface area contributed by atoms with Crippen LogP contribution in [-0.4, -0.2) is 23.2 Å². The quantitative estimate of drug-likeness (QED) is 0.800. The van der Waals surface area contributed by atoms with Crippen molar-refractivity contribution in [2.45, 2.75) is 19.3 Å². The number of rotatable bonds is 4. The van der Waals surface area contributed by atoms with E-state index in [1.807, 2.05) is 30.3 Å². The van der Waals surface area contributed by atoms with E-state index in [0.29, 0.717) is 17.2 Å². The topological polar surface area (TPSA) is 65.1 Å². The lowest BCUT2D eigenvalue weighted by molar-refractivity contribution is 0.199. The van der Waals surface area contributed by atoms with Gasteiger partial charge < -0.3 is 15.4 Å². The fraction of sp³-hybridized carbons (Fsp3) is 0.438. The maximum absolute atomic E-state index is 12.0. The van der Waals surface area contributed by atoms with Gasteiger partial charge in [0.25, 0.3) is 5.56 Å². The van der Waals surface area contributed by atoms with Crippen molar-refractivity contribution >= 4 is 16.6 Å². The summed E-state index contributed by atoms with van der Waals surface area (Å²) in [6.07, 6.45) is 3.44. The molecular weight excluding hydrogens is 252 g/mol. The molecule has 0 amide bonds. The molecule has 106 valence electrons. The number of pyridine rings is 1. The van der Waals surface area contributed by atoms with Crippen LogP contribution in [0, 0.1) is 11.8 Å². The van der Waals surface area contributed by atoms with Crippen LogP contribution in [0.1, 0.15) is 19.3 Å². The molecule has 1 aromatic carbocycles. The summed E-state index contributed by atoms with van der Waals surface area (Å²) in [5.74, 6) is 1.65. The highest BCUT2D eigenvalue weighted by atomic mass is 16.3. The highest BCUT2D eigenvalue weighted by Gasteiger charge is 2.26. The van der Waals surface area contributed by atoms with Crippen LogP contribution in [0.5, 0.6) is 0 Å². The van der Waals surface area contributed by atoms with Crippen molar-refractivity contribution in [2.75, 3.05) is 18.5 Å². The summed E-state index contributed by atoms with van der Waals surface area (Å²) in [5, 5.41) is 14.3. The molecule has 1 saturated carbocycles. The molecule has 20 heavy (non-hydrogen) atoms. The molecule has 2 unspecified atom stereocenters. The van der Waals surface area contributed by atoms with Gasteiger partial charge in [0.05, 0.1) is 0 Å². The smallest absolute Gasteiger partial charge is 0.257 e. The monoisotopic (exact) mass is 272 g/mol. The Labute approximate surface area is 117 Å². The molecule has 2 aromatic rings. The van der Waals surface area contributed by atoms with E-state index in [2.05, 4.69) is 10.3 Å². The minimum absolute atomic E-state index is 0.0595. The Balaban J connectivity index is 1.76. The lowest BCUT2D eigenvalue weighted by atomic mass is 9.97. The van der Waals surface area contributed by atoms with Gasteiger partial charge in [-0.3, -0.25) is 4.79 Å². The number of nitrogens with one attached hydrogen (secondary N) is 2. The van der Waals surface area contributed by atoms with Gasteiger partial charge in [-0.05, 0) is 42.2 Å². The van der Waals surface area contributed by atoms with Gasteiger partial charge in [0.15, 0.2) is 0 Å². The average molecular weight is 272 g/mol. The maximum Gasteiger partial charge on any atom is 0.257 e. The van der Waals surface area contributed by atoms with E-state index in [0.717, 1.165) is 30.6 Å². The third-order valence-corrected chi connectivity index (χ3v) is 4.36. The number of H-pyrrole nitrogens is 1. The zero-order valence-electron chi connectivity index (χ0n) is 11.4. The average Bonchev–Trinajstić information content (AvgIpc) is 2.93. The first kappa shape index (κ1) is 13.2. The SMILES string of the molecule is O=c1[nH]c(NCC2CCCC2CO)cc2ccccc12. The molecule has 4 heteroatoms. The summed E-state index contributed by atoms with van der Waals surface area (Å²) < 4.78 is 0. The van der Waals surface area contributed by atoms with Crippen molar-refractivity contribution < 1.29 is 5.11 Å². The van der Waals surface area contributed by atoms with Gasteiger partial charge >= 0.3 is 0 Å². The predicted octanol–water partition coefficient (Wildman–Crippen LogP) is 2.35. The molecule has 0 spiro atoms. The first-order valence-corrected chi connectivity index (χ1v) is 7.24. The van der Waals surface area contributed by atoms with E-state index in [4.69, 9.17) is 0 Å². The number of fused-ring (bicyclic) bond motifs is 1. The summed E-state index contributed by atoms with van der Waals surface area (Å²) in [5.41, 5.74) is -0.0595. The summed E-state index contributed by atoms with van der Waals surface area (Å²) in [4.78, 5) is 14.9. The molecule has 1 aliphatic rings. The van der Waals surface area contributed by atoms with Gasteiger partial charge in [-0.2, -0.15) is 0 Å². The first-order chi connectivity index (χ1) is 9.78. The van der Waals surface area contributed by atoms with Crippen molar-refractivity contribution in [1.29, 1.82) is 0 Å². The minimum Gasteiger partial charge on any atom is -0.396 e. The second kappa shape index (κ2) is 5.67. The maximum atomic E-state index is 12.0. The normalized spacial score (nSPS) is 22.2. The second-order valence-electron chi connectivity index (χ2n) is 5.61. The molecule has 3 rings (SSSR count). The van der Waals surface area contributed by atoms with Crippen LogP contribution in [0.4, 0.5) is 5.82 Å². The lowest BCUT2D eigenvalue weighted by Gasteiger charge is -2.18. The molecule has 3 N–H and O–H groups in total. The summed E-state index contributed by atoms with van der Waals surface area (Å²) >= 11 is 0. The van der Waals surface area contributed by atoms with E-state index in [9.17, 15) is 9.90 Å². The number of aromatic amines is 1. The molecule has 4 nitrogen and oxygen atoms in total. The van der Waals surface area contributed by atoms with Crippen LogP contribution in [-0.2, 0) is 0 Å². The van der Waals surface area contributed by atoms with E-state index in [1.165, 1.54) is 6.42 Å². The van der Waals surface area contributed by atoms with Crippen LogP contribution >= 0.6 is 0 Å². The number of benzene rings is 1. The zero-order chi connectivity index (χ0) is 13.9. The predicted molar refractivity (Wildman–Crippen MR) is 81.0 cm³/mol. The Morgan fingerprint density at radius 1 is 1.25 bits per heavy atom. The van der Waals surface area contributed by atoms with Crippen molar-refractivity contribution in [1.82, 2.24) is 4.98 Å². The standard InChI is InChI=1S/C16H20N2O2/c19-10-13-6-3-5-12(13)9-17-15-8-11-4-1-2-7-14(11)16(20)18-15/h1-2,4,7-8,12-13,19H,3,5-6,9-10H2,(H2,17,18,20). The Bertz CT molecular complexity index is 650. The second-order valence-corrected chi connectivity index (χ2v) is 5.61. The molecule has 0 radical (unpaired) electrons. The number of hydrogen-bond acceptors (Lipinski definition) is 3. The molecule has 1 heterocycles. The van der Waals surface area contributed by atoms with Crippen LogP contribution in [0.25, 0.3) is 10.8 Å². The van der Waals surface area contributed by atoms with Crippen LogP contribution in [0.3, 0.4) is 0 Å². The van der Waals surface area contributed by atoms with E-state index < -0.39 is 0 Å². The van der Waals surface area contributed by atoms with Gasteiger partial charge in [0, 0.05) is 18.5 Å². The highest BCUT2D eigenvalue weighted by Crippen LogP contribution is 2.31. The van der Waals surface area contributed by atoms with Gasteiger partial charge in [-0.25, -0.2) is 0 Å². The Morgan fingerprint density at radius 3 is 2.90 bits per heavy atom. The minimum atomic E-state index is -0.0595. The molecule has 0 aliphatic heterocycles. The zero-order valence-corrected chi connectivity index (χ0v) is 11.4. The molecule has 2 atom stereocenters. The molecule has 0 bridgehead atoms. The van der Waals surface area contributed by atoms with Gasteiger partial charge in [0.1, 0.15) is 5.82 Å². The summed E-state index contributed by atoms with van der Waals surface area (Å²) in [7, 11) is 0. The molecule has 1 aliphatic carbocycles. The fourth-order valence-corrected chi connectivity index (χ4v) is 3.17. The van der Waals surface area contributed by atoms with Crippen molar-refractivity contribution in [3.05, 3.63) is 40.7 Å². The third-order valence-electron chi connectivity index (χ3n) is 4.36. The Kier molecular flexibility index (Phi) is 3.74. The van der Waals surface area contributed by atoms with E-state index in [-0.39, 0.29) is 12.2 Å². The first-order valence-electron chi connectivity index (χ1n) is 7.24. The summed E-state index contributed by atoms with van der Waals surface area (Å²) in [6, 6.07) is 9.55. The van der Waals surface area contributed by atoms with Crippen molar-refractivity contribution in [2.24, 2.45) is 11.8 Å². The molecular formula is C16H20N2O2. The van der Waals surface area contributed by atoms with Gasteiger partial charge in [-0.1, -0.05) is 24.6 Å². The third kappa shape index (κ3) is 2.56. The van der Waals surface area contributed by atoms with Gasteiger partial charge in [-0.15, -0.1) is 0 Å². The number of aliphatic hydroxyl groups is 1. The van der Waals surface area contributed by atoms with E-state index >= 15 is 0 Å². The van der Waals surface area contributed by atoms with Crippen LogP contribution in [0.2, 0.25) is 0 Å². The lowest BCUT2D eigenvalue weighted by Crippen LogP contribution is -2.22. The summed E-state index contributed by atoms with van der Waals surface area (Å²) in [6.45, 7) is 1.07. The van der Waals surface area contributed by atoms with E-state index in [1.54, 1.807) is 0 Å². The number of aromatic nitrogens is 1. The highest BCUT2D eigenvalue weighted by molar-refractivity contribution is 5.83. The molecule has 0 saturated heterocycles. The van der Waals surface area contributed by atoms with Crippen molar-refractivity contribution in [3.63, 3.8) is 0 Å². The largest absolute Gasteiger partial charge is 0.396 e. The van der Waals surface area contributed by atoms with Crippen LogP contribution in [0.15, 0.2) is 35.1 Å².